The summed E-state index contributed by atoms with van der Waals surface area (Å²) in [4.78, 5) is 37.0. The molecule has 202 valence electrons. The molecule has 2 saturated carbocycles. The number of hydrogen-bond donors (Lipinski definition) is 4. The molecule has 0 spiro atoms. The lowest BCUT2D eigenvalue weighted by molar-refractivity contribution is -0.211. The third-order valence-electron chi connectivity index (χ3n) is 8.63. The van der Waals surface area contributed by atoms with Gasteiger partial charge in [0.15, 0.2) is 0 Å². The molecule has 4 N–H and O–H groups in total. The van der Waals surface area contributed by atoms with Crippen molar-refractivity contribution in [1.82, 2.24) is 0 Å². The van der Waals surface area contributed by atoms with Gasteiger partial charge < -0.3 is 34.6 Å². The zero-order chi connectivity index (χ0) is 27.5. The zero-order valence-corrected chi connectivity index (χ0v) is 21.9. The van der Waals surface area contributed by atoms with Crippen LogP contribution < -0.4 is 0 Å². The van der Waals surface area contributed by atoms with Crippen LogP contribution in [0.4, 0.5) is 0 Å². The average molecular weight is 511 g/mol. The number of carbonyl (C=O) groups excluding carboxylic acids is 3. The highest BCUT2D eigenvalue weighted by Gasteiger charge is 2.73. The first-order chi connectivity index (χ1) is 16.4. The van der Waals surface area contributed by atoms with Crippen molar-refractivity contribution in [3.63, 3.8) is 0 Å². The number of carbonyl (C=O) groups is 3. The van der Waals surface area contributed by atoms with E-state index in [1.165, 1.54) is 20.8 Å². The number of aliphatic hydroxyl groups is 4. The Labute approximate surface area is 210 Å². The van der Waals surface area contributed by atoms with Crippen molar-refractivity contribution in [2.45, 2.75) is 104 Å². The van der Waals surface area contributed by atoms with E-state index in [1.807, 2.05) is 0 Å². The Hall–Kier alpha value is -2.27. The lowest BCUT2D eigenvalue weighted by atomic mass is 9.54. The zero-order valence-electron chi connectivity index (χ0n) is 21.9. The predicted octanol–water partition coefficient (Wildman–Crippen LogP) is 0.938. The van der Waals surface area contributed by atoms with Gasteiger partial charge in [0.25, 0.3) is 0 Å². The van der Waals surface area contributed by atoms with Crippen molar-refractivity contribution in [3.05, 3.63) is 23.3 Å². The first kappa shape index (κ1) is 28.3. The molecular formula is C26H38O10. The van der Waals surface area contributed by atoms with Crippen LogP contribution >= 0.6 is 0 Å². The second kappa shape index (κ2) is 9.24. The van der Waals surface area contributed by atoms with E-state index in [9.17, 15) is 34.8 Å². The fourth-order valence-electron chi connectivity index (χ4n) is 7.04. The van der Waals surface area contributed by atoms with Crippen molar-refractivity contribution in [1.29, 1.82) is 0 Å². The normalized spacial score (nSPS) is 40.6. The van der Waals surface area contributed by atoms with E-state index in [0.29, 0.717) is 5.57 Å². The number of hydrogen-bond acceptors (Lipinski definition) is 10. The molecule has 36 heavy (non-hydrogen) atoms. The monoisotopic (exact) mass is 510 g/mol. The van der Waals surface area contributed by atoms with Crippen molar-refractivity contribution in [2.24, 2.45) is 16.7 Å². The standard InChI is InChI=1S/C26H38O10/c1-11-16(30)9-18(32)25(8)20(11)22(34-13(3)27)26(24(6,7)36-15(5)29)10-17(31)12(2)19(26)21(33)23(25)35-14(4)28/h16-18,20-23,30-33H,1,9-10H2,2-8H3. The molecule has 0 amide bonds. The number of aliphatic hydroxyl groups excluding tert-OH is 4. The van der Waals surface area contributed by atoms with Gasteiger partial charge in [0, 0.05) is 38.5 Å². The van der Waals surface area contributed by atoms with Crippen LogP contribution in [0.2, 0.25) is 0 Å². The highest BCUT2D eigenvalue weighted by molar-refractivity contribution is 5.69. The third-order valence-corrected chi connectivity index (χ3v) is 8.63. The van der Waals surface area contributed by atoms with Crippen molar-refractivity contribution in [2.75, 3.05) is 0 Å². The molecule has 10 nitrogen and oxygen atoms in total. The fourth-order valence-corrected chi connectivity index (χ4v) is 7.04. The Bertz CT molecular complexity index is 999. The van der Waals surface area contributed by atoms with Crippen LogP contribution in [0.5, 0.6) is 0 Å². The predicted molar refractivity (Wildman–Crippen MR) is 126 cm³/mol. The maximum atomic E-state index is 12.5. The van der Waals surface area contributed by atoms with Crippen LogP contribution in [0.25, 0.3) is 0 Å². The van der Waals surface area contributed by atoms with Crippen LogP contribution in [0.15, 0.2) is 23.3 Å². The van der Waals surface area contributed by atoms with Crippen molar-refractivity contribution < 1.29 is 49.0 Å². The second-order valence-corrected chi connectivity index (χ2v) is 11.1. The molecule has 9 unspecified atom stereocenters. The lowest BCUT2D eigenvalue weighted by Gasteiger charge is -2.55. The molecule has 0 aromatic heterocycles. The lowest BCUT2D eigenvalue weighted by Crippen LogP contribution is -2.63. The minimum Gasteiger partial charge on any atom is -0.461 e. The van der Waals surface area contributed by atoms with E-state index in [4.69, 9.17) is 14.2 Å². The molecule has 0 aliphatic heterocycles. The summed E-state index contributed by atoms with van der Waals surface area (Å²) in [6, 6.07) is 0. The van der Waals surface area contributed by atoms with Gasteiger partial charge in [-0.2, -0.15) is 0 Å². The van der Waals surface area contributed by atoms with Crippen LogP contribution in [0.3, 0.4) is 0 Å². The summed E-state index contributed by atoms with van der Waals surface area (Å²) >= 11 is 0. The Morgan fingerprint density at radius 3 is 1.97 bits per heavy atom. The Kier molecular flexibility index (Phi) is 7.26. The number of esters is 3. The molecule has 3 aliphatic carbocycles. The van der Waals surface area contributed by atoms with E-state index in [-0.39, 0.29) is 24.0 Å². The molecule has 3 aliphatic rings. The van der Waals surface area contributed by atoms with Gasteiger partial charge in [0.2, 0.25) is 0 Å². The summed E-state index contributed by atoms with van der Waals surface area (Å²) in [5.41, 5.74) is -3.74. The van der Waals surface area contributed by atoms with Crippen LogP contribution in [-0.4, -0.2) is 80.6 Å². The quantitative estimate of drug-likeness (QED) is 0.243. The molecule has 9 atom stereocenters. The molecule has 0 saturated heterocycles. The second-order valence-electron chi connectivity index (χ2n) is 11.1. The minimum atomic E-state index is -1.58. The maximum Gasteiger partial charge on any atom is 0.303 e. The van der Waals surface area contributed by atoms with Gasteiger partial charge in [0.1, 0.15) is 23.9 Å². The Morgan fingerprint density at radius 1 is 0.944 bits per heavy atom. The number of rotatable bonds is 4. The van der Waals surface area contributed by atoms with E-state index in [2.05, 4.69) is 6.58 Å². The average Bonchev–Trinajstić information content (AvgIpc) is 2.97. The van der Waals surface area contributed by atoms with E-state index in [0.717, 1.165) is 0 Å². The summed E-state index contributed by atoms with van der Waals surface area (Å²) in [6.45, 7) is 14.0. The summed E-state index contributed by atoms with van der Waals surface area (Å²) in [6.07, 6.45) is -8.10. The van der Waals surface area contributed by atoms with E-state index in [1.54, 1.807) is 27.7 Å². The molecule has 3 rings (SSSR count). The van der Waals surface area contributed by atoms with Gasteiger partial charge in [-0.25, -0.2) is 0 Å². The van der Waals surface area contributed by atoms with Crippen molar-refractivity contribution in [3.8, 4) is 0 Å². The van der Waals surface area contributed by atoms with Crippen LogP contribution in [0, 0.1) is 16.7 Å². The van der Waals surface area contributed by atoms with Gasteiger partial charge in [0.05, 0.1) is 23.7 Å². The fraction of sp³-hybridized carbons (Fsp3) is 0.731. The molecule has 0 bridgehead atoms. The molecule has 0 heterocycles. The largest absolute Gasteiger partial charge is 0.461 e. The maximum absolute atomic E-state index is 12.5. The van der Waals surface area contributed by atoms with Gasteiger partial charge in [-0.3, -0.25) is 14.4 Å². The molecule has 0 aromatic carbocycles. The highest BCUT2D eigenvalue weighted by Crippen LogP contribution is 2.65. The van der Waals surface area contributed by atoms with Crippen LogP contribution in [-0.2, 0) is 28.6 Å². The smallest absolute Gasteiger partial charge is 0.303 e. The molecule has 10 heteroatoms. The Morgan fingerprint density at radius 2 is 1.47 bits per heavy atom. The summed E-state index contributed by atoms with van der Waals surface area (Å²) < 4.78 is 17.4. The number of ether oxygens (including phenoxy) is 3. The van der Waals surface area contributed by atoms with Crippen LogP contribution in [0.1, 0.15) is 61.3 Å². The topological polar surface area (TPSA) is 160 Å². The van der Waals surface area contributed by atoms with Gasteiger partial charge in [-0.15, -0.1) is 0 Å². The minimum absolute atomic E-state index is 0.109. The molecule has 0 radical (unpaired) electrons. The van der Waals surface area contributed by atoms with E-state index < -0.39 is 76.9 Å². The Balaban J connectivity index is 2.50. The summed E-state index contributed by atoms with van der Waals surface area (Å²) in [5.74, 6) is -3.14. The van der Waals surface area contributed by atoms with Gasteiger partial charge >= 0.3 is 17.9 Å². The van der Waals surface area contributed by atoms with Crippen molar-refractivity contribution >= 4 is 17.9 Å². The summed E-state index contributed by atoms with van der Waals surface area (Å²) in [7, 11) is 0. The highest BCUT2D eigenvalue weighted by atomic mass is 16.6. The molecule has 0 aromatic rings. The third kappa shape index (κ3) is 3.98. The van der Waals surface area contributed by atoms with Gasteiger partial charge in [-0.1, -0.05) is 13.5 Å². The first-order valence-corrected chi connectivity index (χ1v) is 12.1. The van der Waals surface area contributed by atoms with E-state index >= 15 is 0 Å². The number of fused-ring (bicyclic) bond motifs is 2. The first-order valence-electron chi connectivity index (χ1n) is 12.1. The molecule has 2 fully saturated rings. The summed E-state index contributed by atoms with van der Waals surface area (Å²) in [5, 5.41) is 45.2. The van der Waals surface area contributed by atoms with Gasteiger partial charge in [-0.05, 0) is 43.9 Å². The molecular weight excluding hydrogens is 472 g/mol. The SMILES string of the molecule is C=C1C(O)CC(O)C2(C)C(OC(C)=O)C(O)C3=C(C)C(O)CC3(C(C)(C)OC(C)=O)C(OC(C)=O)C12.